The molecule has 1 N–H and O–H groups in total. The van der Waals surface area contributed by atoms with Crippen LogP contribution in [0.4, 0.5) is 5.82 Å². The molecule has 0 unspecified atom stereocenters. The molecule has 6 nitrogen and oxygen atoms in total. The standard InChI is InChI=1S/C51H43N6/c1-3-4-5-6-9-34-14-20-37(21-15-34)55-46-25-22-39(30-44(46)45-31-52-32-49(45)55)57-48-24-17-36(29-43(48)41-11-8-27-54-51(41)57)35-16-23-47-42(28-35)40-10-7-26-53-50(40)56(47)38-18-12-33(2)13-19-38/h7-8,10-25,27-32,53H,3-6,9,26H2,1-2H3/q+1. The van der Waals surface area contributed by atoms with Crippen LogP contribution >= 0.6 is 0 Å². The first kappa shape index (κ1) is 33.5. The maximum absolute atomic E-state index is 4.98. The maximum atomic E-state index is 4.98. The molecule has 0 aliphatic carbocycles. The van der Waals surface area contributed by atoms with E-state index >= 15 is 0 Å². The molecule has 6 heteroatoms. The van der Waals surface area contributed by atoms with Crippen molar-refractivity contribution in [2.24, 2.45) is 0 Å². The van der Waals surface area contributed by atoms with E-state index in [0.29, 0.717) is 0 Å². The molecule has 2 aliphatic heterocycles. The van der Waals surface area contributed by atoms with Gasteiger partial charge in [-0.15, -0.1) is 0 Å². The van der Waals surface area contributed by atoms with E-state index in [4.69, 9.17) is 4.98 Å². The first-order chi connectivity index (χ1) is 28.1. The van der Waals surface area contributed by atoms with Crippen molar-refractivity contribution in [1.29, 1.82) is 0 Å². The predicted molar refractivity (Wildman–Crippen MR) is 240 cm³/mol. The molecular weight excluding hydrogens is 697 g/mol. The summed E-state index contributed by atoms with van der Waals surface area (Å²) in [6.45, 7) is 5.22. The number of hydrogen-bond acceptors (Lipinski definition) is 2. The number of aryl methyl sites for hydroxylation is 2. The molecule has 0 radical (unpaired) electrons. The summed E-state index contributed by atoms with van der Waals surface area (Å²) in [6.07, 6.45) is 16.6. The number of nitrogens with zero attached hydrogens (tertiary/aromatic N) is 5. The van der Waals surface area contributed by atoms with Crippen molar-refractivity contribution >= 4 is 68.1 Å². The van der Waals surface area contributed by atoms with Gasteiger partial charge in [0.05, 0.1) is 22.1 Å². The Labute approximate surface area is 331 Å². The lowest BCUT2D eigenvalue weighted by Crippen LogP contribution is -2.08. The monoisotopic (exact) mass is 739 g/mol. The van der Waals surface area contributed by atoms with E-state index in [-0.39, 0.29) is 0 Å². The Kier molecular flexibility index (Phi) is 7.87. The Morgan fingerprint density at radius 3 is 2.16 bits per heavy atom. The number of benzene rings is 5. The molecule has 0 atom stereocenters. The van der Waals surface area contributed by atoms with E-state index in [0.717, 1.165) is 63.7 Å². The molecular formula is C51H43N6+. The van der Waals surface area contributed by atoms with Crippen molar-refractivity contribution in [2.75, 3.05) is 11.9 Å². The minimum atomic E-state index is 0.817. The fourth-order valence-corrected chi connectivity index (χ4v) is 9.17. The van der Waals surface area contributed by atoms with Crippen molar-refractivity contribution in [1.82, 2.24) is 23.4 Å². The normalized spacial score (nSPS) is 13.0. The van der Waals surface area contributed by atoms with Crippen molar-refractivity contribution < 1.29 is 0 Å². The molecule has 11 rings (SSSR count). The van der Waals surface area contributed by atoms with E-state index < -0.39 is 0 Å². The van der Waals surface area contributed by atoms with Crippen molar-refractivity contribution in [2.45, 2.75) is 46.0 Å². The molecule has 0 amide bonds. The second kappa shape index (κ2) is 13.4. The van der Waals surface area contributed by atoms with Crippen LogP contribution in [0.2, 0.25) is 0 Å². The molecule has 276 valence electrons. The summed E-state index contributed by atoms with van der Waals surface area (Å²) in [5.41, 5.74) is 16.4. The minimum absolute atomic E-state index is 0.817. The van der Waals surface area contributed by atoms with Crippen molar-refractivity contribution in [3.63, 3.8) is 0 Å². The summed E-state index contributed by atoms with van der Waals surface area (Å²) in [5.74, 6) is 1.14. The summed E-state index contributed by atoms with van der Waals surface area (Å²) in [5, 5.41) is 8.40. The molecule has 0 saturated carbocycles. The van der Waals surface area contributed by atoms with Gasteiger partial charge in [-0.25, -0.2) is 4.98 Å². The molecule has 0 saturated heterocycles. The number of anilines is 1. The molecule has 0 fully saturated rings. The van der Waals surface area contributed by atoms with Crippen LogP contribution in [-0.4, -0.2) is 37.7 Å². The third-order valence-electron chi connectivity index (χ3n) is 12.0. The summed E-state index contributed by atoms with van der Waals surface area (Å²) in [6, 6.07) is 42.7. The lowest BCUT2D eigenvalue weighted by atomic mass is 10.00. The van der Waals surface area contributed by atoms with E-state index in [1.807, 2.05) is 24.7 Å². The van der Waals surface area contributed by atoms with Gasteiger partial charge in [0.2, 0.25) is 0 Å². The fraction of sp³-hybridized carbons (Fsp3) is 0.157. The second-order valence-corrected chi connectivity index (χ2v) is 15.6. The van der Waals surface area contributed by atoms with E-state index in [1.165, 1.54) is 80.7 Å². The van der Waals surface area contributed by atoms with E-state index in [1.54, 1.807) is 0 Å². The highest BCUT2D eigenvalue weighted by molar-refractivity contribution is 6.13. The third kappa shape index (κ3) is 5.40. The first-order valence-corrected chi connectivity index (χ1v) is 20.3. The average molecular weight is 740 g/mol. The van der Waals surface area contributed by atoms with Gasteiger partial charge in [0.25, 0.3) is 0 Å². The fourth-order valence-electron chi connectivity index (χ4n) is 9.17. The van der Waals surface area contributed by atoms with E-state index in [2.05, 4.69) is 159 Å². The average Bonchev–Trinajstić information content (AvgIpc) is 4.02. The van der Waals surface area contributed by atoms with Crippen LogP contribution in [0.1, 0.15) is 60.6 Å². The highest BCUT2D eigenvalue weighted by Gasteiger charge is 2.26. The molecule has 9 aromatic rings. The number of rotatable bonds is 9. The number of nitrogens with one attached hydrogen (secondary N) is 1. The zero-order chi connectivity index (χ0) is 38.0. The van der Waals surface area contributed by atoms with Gasteiger partial charge in [0, 0.05) is 56.9 Å². The van der Waals surface area contributed by atoms with Crippen LogP contribution in [0.25, 0.3) is 78.0 Å². The van der Waals surface area contributed by atoms with Crippen LogP contribution in [0, 0.1) is 6.92 Å². The van der Waals surface area contributed by atoms with Gasteiger partial charge >= 0.3 is 12.4 Å². The second-order valence-electron chi connectivity index (χ2n) is 15.6. The van der Waals surface area contributed by atoms with Gasteiger partial charge in [-0.2, -0.15) is 0 Å². The zero-order valence-corrected chi connectivity index (χ0v) is 32.3. The Bertz CT molecular complexity index is 3140. The topological polar surface area (TPSA) is 53.8 Å². The van der Waals surface area contributed by atoms with Crippen LogP contribution in [-0.2, 0) is 6.42 Å². The Morgan fingerprint density at radius 2 is 1.33 bits per heavy atom. The Morgan fingerprint density at radius 1 is 0.632 bits per heavy atom. The van der Waals surface area contributed by atoms with Gasteiger partial charge in [0.15, 0.2) is 0 Å². The number of unbranched alkanes of at least 4 members (excludes halogenated alkanes) is 3. The summed E-state index contributed by atoms with van der Waals surface area (Å²) < 4.78 is 11.6. The quantitative estimate of drug-likeness (QED) is 0.118. The van der Waals surface area contributed by atoms with Gasteiger partial charge in [-0.05, 0) is 115 Å². The minimum Gasteiger partial charge on any atom is -0.367 e. The number of pyridine rings is 1. The zero-order valence-electron chi connectivity index (χ0n) is 32.3. The van der Waals surface area contributed by atoms with Gasteiger partial charge < -0.3 is 9.88 Å². The Balaban J connectivity index is 1.00. The molecule has 6 heterocycles. The smallest absolute Gasteiger partial charge is 0.317 e. The number of hydrogen-bond donors (Lipinski definition) is 1. The first-order valence-electron chi connectivity index (χ1n) is 20.3. The third-order valence-corrected chi connectivity index (χ3v) is 12.0. The summed E-state index contributed by atoms with van der Waals surface area (Å²) >= 11 is 0. The van der Waals surface area contributed by atoms with Gasteiger partial charge in [-0.1, -0.05) is 85.0 Å². The van der Waals surface area contributed by atoms with Crippen molar-refractivity contribution in [3.05, 3.63) is 155 Å². The maximum Gasteiger partial charge on any atom is 0.317 e. The van der Waals surface area contributed by atoms with Crippen LogP contribution in [0.3, 0.4) is 0 Å². The van der Waals surface area contributed by atoms with Crippen LogP contribution < -0.4 is 9.98 Å². The molecule has 0 spiro atoms. The van der Waals surface area contributed by atoms with Crippen LogP contribution in [0.15, 0.2) is 128 Å². The SMILES string of the molecule is CCCCCCc1ccc(-n2c3c(c4cc(-n5c6ccc(-c7ccc8c(c7)c7c(n8-c8ccc(C)cc8)NCC=C7)cc6c6cccnc65)ccc42)C=[N+]=C3)cc1. The molecule has 4 aromatic heterocycles. The van der Waals surface area contributed by atoms with Gasteiger partial charge in [-0.3, -0.25) is 9.13 Å². The van der Waals surface area contributed by atoms with Crippen LogP contribution in [0.5, 0.6) is 0 Å². The summed E-state index contributed by atoms with van der Waals surface area (Å²) in [7, 11) is 0. The molecule has 5 aromatic carbocycles. The number of fused-ring (bicyclic) bond motifs is 9. The highest BCUT2D eigenvalue weighted by Crippen LogP contribution is 2.40. The van der Waals surface area contributed by atoms with E-state index in [9.17, 15) is 0 Å². The Hall–Kier alpha value is -6.88. The molecule has 57 heavy (non-hydrogen) atoms. The largest absolute Gasteiger partial charge is 0.367 e. The lowest BCUT2D eigenvalue weighted by molar-refractivity contribution is 0.667. The highest BCUT2D eigenvalue weighted by atomic mass is 15.1. The predicted octanol–water partition coefficient (Wildman–Crippen LogP) is 11.5. The van der Waals surface area contributed by atoms with Gasteiger partial charge in [0.1, 0.15) is 17.2 Å². The van der Waals surface area contributed by atoms with Crippen molar-refractivity contribution in [3.8, 4) is 28.2 Å². The molecule has 0 bridgehead atoms. The molecule has 2 aliphatic rings. The summed E-state index contributed by atoms with van der Waals surface area (Å²) in [4.78, 5) is 4.98. The lowest BCUT2D eigenvalue weighted by Gasteiger charge is -2.15. The number of aromatic nitrogens is 4.